The molecule has 0 aliphatic carbocycles. The third-order valence-corrected chi connectivity index (χ3v) is 7.04. The molecule has 1 saturated heterocycles. The van der Waals surface area contributed by atoms with Crippen molar-refractivity contribution in [1.82, 2.24) is 5.32 Å². The molecule has 3 aromatic carbocycles. The molecule has 1 N–H and O–H groups in total. The van der Waals surface area contributed by atoms with E-state index >= 15 is 0 Å². The molecular weight excluding hydrogens is 604 g/mol. The van der Waals surface area contributed by atoms with Gasteiger partial charge in [-0.05, 0) is 83.7 Å². The third-order valence-electron chi connectivity index (χ3n) is 5.68. The number of carbonyl (C=O) groups is 3. The molecule has 37 heavy (non-hydrogen) atoms. The van der Waals surface area contributed by atoms with Gasteiger partial charge in [0.1, 0.15) is 12.2 Å². The zero-order valence-corrected chi connectivity index (χ0v) is 23.6. The van der Waals surface area contributed by atoms with Crippen molar-refractivity contribution in [3.05, 3.63) is 91.4 Å². The minimum Gasteiger partial charge on any atom is -0.490 e. The number of hydrogen-bond acceptors (Lipinski definition) is 5. The van der Waals surface area contributed by atoms with E-state index in [1.165, 1.54) is 6.08 Å². The van der Waals surface area contributed by atoms with Crippen LogP contribution in [0.25, 0.3) is 6.08 Å². The highest BCUT2D eigenvalue weighted by Crippen LogP contribution is 2.39. The molecule has 3 aromatic rings. The molecular formula is C28H24Br2N2O5. The van der Waals surface area contributed by atoms with E-state index in [1.807, 2.05) is 50.2 Å². The maximum Gasteiger partial charge on any atom is 0.335 e. The summed E-state index contributed by atoms with van der Waals surface area (Å²) in [5.74, 6) is -0.529. The molecule has 9 heteroatoms. The van der Waals surface area contributed by atoms with Crippen LogP contribution in [0.4, 0.5) is 10.5 Å². The Bertz CT molecular complexity index is 1430. The first-order valence-electron chi connectivity index (χ1n) is 11.5. The van der Waals surface area contributed by atoms with E-state index in [0.717, 1.165) is 26.1 Å². The molecule has 0 aromatic heterocycles. The first kappa shape index (κ1) is 26.6. The van der Waals surface area contributed by atoms with Gasteiger partial charge < -0.3 is 9.47 Å². The number of anilines is 1. The number of carbonyl (C=O) groups excluding carboxylic acids is 3. The number of benzene rings is 3. The number of nitrogens with zero attached hydrogens (tertiary/aromatic N) is 1. The van der Waals surface area contributed by atoms with Gasteiger partial charge in [-0.15, -0.1) is 0 Å². The molecule has 1 aliphatic rings. The Balaban J connectivity index is 1.69. The topological polar surface area (TPSA) is 84.9 Å². The van der Waals surface area contributed by atoms with Crippen LogP contribution in [0.3, 0.4) is 0 Å². The highest BCUT2D eigenvalue weighted by atomic mass is 79.9. The van der Waals surface area contributed by atoms with Crippen LogP contribution >= 0.6 is 31.9 Å². The lowest BCUT2D eigenvalue weighted by Crippen LogP contribution is -2.54. The first-order chi connectivity index (χ1) is 17.7. The molecule has 1 fully saturated rings. The van der Waals surface area contributed by atoms with Gasteiger partial charge in [-0.3, -0.25) is 14.9 Å². The van der Waals surface area contributed by atoms with Gasteiger partial charge in [0.25, 0.3) is 11.8 Å². The predicted molar refractivity (Wildman–Crippen MR) is 149 cm³/mol. The monoisotopic (exact) mass is 626 g/mol. The number of rotatable bonds is 7. The van der Waals surface area contributed by atoms with Crippen molar-refractivity contribution in [1.29, 1.82) is 0 Å². The standard InChI is InChI=1S/C28H24Br2N2O5/c1-4-36-24-14-18(13-22(30)25(24)37-15-19-7-5-6-8-21(19)29)12-20-26(33)31-28(35)32(27(20)34)23-11-16(2)9-10-17(23)3/h5-14H,4,15H2,1-3H3,(H,31,33,35)/b20-12+. The molecule has 0 saturated carbocycles. The SMILES string of the molecule is CCOc1cc(/C=C2\C(=O)NC(=O)N(c3cc(C)ccc3C)C2=O)cc(Br)c1OCc1ccccc1Br. The van der Waals surface area contributed by atoms with Crippen molar-refractivity contribution in [2.24, 2.45) is 0 Å². The second-order valence-electron chi connectivity index (χ2n) is 8.39. The normalized spacial score (nSPS) is 14.7. The Morgan fingerprint density at radius 1 is 0.946 bits per heavy atom. The minimum absolute atomic E-state index is 0.170. The number of amides is 4. The molecule has 4 rings (SSSR count). The van der Waals surface area contributed by atoms with E-state index in [9.17, 15) is 14.4 Å². The van der Waals surface area contributed by atoms with E-state index in [1.54, 1.807) is 25.1 Å². The summed E-state index contributed by atoms with van der Waals surface area (Å²) in [4.78, 5) is 39.7. The van der Waals surface area contributed by atoms with Crippen LogP contribution in [0.15, 0.2) is 69.1 Å². The molecule has 0 bridgehead atoms. The summed E-state index contributed by atoms with van der Waals surface area (Å²) in [6.45, 7) is 6.19. The van der Waals surface area contributed by atoms with Crippen molar-refractivity contribution >= 4 is 61.5 Å². The third kappa shape index (κ3) is 5.78. The lowest BCUT2D eigenvalue weighted by Gasteiger charge is -2.28. The predicted octanol–water partition coefficient (Wildman–Crippen LogP) is 6.47. The van der Waals surface area contributed by atoms with E-state index in [0.29, 0.717) is 40.4 Å². The van der Waals surface area contributed by atoms with E-state index in [-0.39, 0.29) is 5.57 Å². The number of nitrogens with one attached hydrogen (secondary N) is 1. The summed E-state index contributed by atoms with van der Waals surface area (Å²) in [6, 6.07) is 15.8. The molecule has 1 heterocycles. The highest BCUT2D eigenvalue weighted by Gasteiger charge is 2.37. The summed E-state index contributed by atoms with van der Waals surface area (Å²) in [7, 11) is 0. The Kier molecular flexibility index (Phi) is 8.14. The van der Waals surface area contributed by atoms with Crippen LogP contribution < -0.4 is 19.7 Å². The first-order valence-corrected chi connectivity index (χ1v) is 13.1. The van der Waals surface area contributed by atoms with Crippen LogP contribution in [-0.2, 0) is 16.2 Å². The Labute approximate surface area is 231 Å². The van der Waals surface area contributed by atoms with E-state index in [4.69, 9.17) is 9.47 Å². The number of aryl methyl sites for hydroxylation is 2. The fourth-order valence-electron chi connectivity index (χ4n) is 3.84. The van der Waals surface area contributed by atoms with Crippen LogP contribution in [0, 0.1) is 13.8 Å². The summed E-state index contributed by atoms with van der Waals surface area (Å²) in [5.41, 5.74) is 3.36. The smallest absolute Gasteiger partial charge is 0.335 e. The Morgan fingerprint density at radius 2 is 1.70 bits per heavy atom. The van der Waals surface area contributed by atoms with Gasteiger partial charge in [0.15, 0.2) is 11.5 Å². The van der Waals surface area contributed by atoms with Gasteiger partial charge in [0, 0.05) is 10.0 Å². The Hall–Kier alpha value is -3.43. The number of ether oxygens (including phenoxy) is 2. The number of barbiturate groups is 1. The van der Waals surface area contributed by atoms with E-state index < -0.39 is 17.8 Å². The van der Waals surface area contributed by atoms with Gasteiger partial charge >= 0.3 is 6.03 Å². The quantitative estimate of drug-likeness (QED) is 0.240. The lowest BCUT2D eigenvalue weighted by molar-refractivity contribution is -0.122. The fourth-order valence-corrected chi connectivity index (χ4v) is 4.82. The van der Waals surface area contributed by atoms with Gasteiger partial charge in [-0.25, -0.2) is 9.69 Å². The molecule has 7 nitrogen and oxygen atoms in total. The average molecular weight is 628 g/mol. The van der Waals surface area contributed by atoms with Crippen LogP contribution in [0.2, 0.25) is 0 Å². The van der Waals surface area contributed by atoms with Crippen molar-refractivity contribution in [3.8, 4) is 11.5 Å². The average Bonchev–Trinajstić information content (AvgIpc) is 2.84. The molecule has 0 atom stereocenters. The van der Waals surface area contributed by atoms with Crippen LogP contribution in [0.1, 0.15) is 29.2 Å². The number of halogens is 2. The van der Waals surface area contributed by atoms with Gasteiger partial charge in [0.05, 0.1) is 16.8 Å². The van der Waals surface area contributed by atoms with Crippen LogP contribution in [-0.4, -0.2) is 24.5 Å². The highest BCUT2D eigenvalue weighted by molar-refractivity contribution is 9.10. The van der Waals surface area contributed by atoms with Gasteiger partial charge in [-0.1, -0.05) is 46.3 Å². The molecule has 1 aliphatic heterocycles. The molecule has 0 radical (unpaired) electrons. The van der Waals surface area contributed by atoms with Crippen molar-refractivity contribution in [2.45, 2.75) is 27.4 Å². The second kappa shape index (κ2) is 11.3. The lowest BCUT2D eigenvalue weighted by atomic mass is 10.0. The maximum absolute atomic E-state index is 13.4. The largest absolute Gasteiger partial charge is 0.490 e. The van der Waals surface area contributed by atoms with Crippen molar-refractivity contribution in [3.63, 3.8) is 0 Å². The molecule has 0 unspecified atom stereocenters. The summed E-state index contributed by atoms with van der Waals surface area (Å²) < 4.78 is 13.4. The number of hydrogen-bond donors (Lipinski definition) is 1. The minimum atomic E-state index is -0.784. The number of urea groups is 1. The Morgan fingerprint density at radius 3 is 2.43 bits per heavy atom. The summed E-state index contributed by atoms with van der Waals surface area (Å²) in [5, 5.41) is 2.27. The molecule has 4 amide bonds. The summed E-state index contributed by atoms with van der Waals surface area (Å²) in [6.07, 6.45) is 1.44. The van der Waals surface area contributed by atoms with Crippen LogP contribution in [0.5, 0.6) is 11.5 Å². The van der Waals surface area contributed by atoms with Gasteiger partial charge in [-0.2, -0.15) is 0 Å². The van der Waals surface area contributed by atoms with Crippen molar-refractivity contribution in [2.75, 3.05) is 11.5 Å². The zero-order chi connectivity index (χ0) is 26.7. The van der Waals surface area contributed by atoms with Crippen molar-refractivity contribution < 1.29 is 23.9 Å². The zero-order valence-electron chi connectivity index (χ0n) is 20.4. The number of imide groups is 2. The van der Waals surface area contributed by atoms with E-state index in [2.05, 4.69) is 37.2 Å². The fraction of sp³-hybridized carbons (Fsp3) is 0.179. The maximum atomic E-state index is 13.4. The molecule has 190 valence electrons. The molecule has 0 spiro atoms. The van der Waals surface area contributed by atoms with Gasteiger partial charge in [0.2, 0.25) is 0 Å². The summed E-state index contributed by atoms with van der Waals surface area (Å²) >= 11 is 7.06. The second-order valence-corrected chi connectivity index (χ2v) is 10.1.